The van der Waals surface area contributed by atoms with E-state index in [-0.39, 0.29) is 0 Å². The molecule has 0 amide bonds. The lowest BCUT2D eigenvalue weighted by Crippen LogP contribution is -2.06. The van der Waals surface area contributed by atoms with Crippen molar-refractivity contribution in [2.75, 3.05) is 13.2 Å². The third-order valence-corrected chi connectivity index (χ3v) is 11.6. The first-order valence-electron chi connectivity index (χ1n) is 20.5. The number of benzene rings is 4. The molecule has 0 saturated heterocycles. The minimum Gasteiger partial charge on any atom is -0.381 e. The summed E-state index contributed by atoms with van der Waals surface area (Å²) in [7, 11) is 0. The summed E-state index contributed by atoms with van der Waals surface area (Å²) in [6.45, 7) is 6.30. The van der Waals surface area contributed by atoms with Gasteiger partial charge in [-0.2, -0.15) is 0 Å². The van der Waals surface area contributed by atoms with Crippen LogP contribution in [0.2, 0.25) is 0 Å². The lowest BCUT2D eigenvalue weighted by Gasteiger charge is -2.23. The summed E-state index contributed by atoms with van der Waals surface area (Å²) in [5.41, 5.74) is 14.5. The number of ether oxygens (including phenoxy) is 1. The second kappa shape index (κ2) is 19.8. The second-order valence-corrected chi connectivity index (χ2v) is 15.3. The molecule has 4 aromatic rings. The Kier molecular flexibility index (Phi) is 14.4. The van der Waals surface area contributed by atoms with Crippen LogP contribution < -0.4 is 0 Å². The third-order valence-electron chi connectivity index (χ3n) is 11.6. The Balaban J connectivity index is 0.832. The molecule has 2 aliphatic rings. The third kappa shape index (κ3) is 11.2. The van der Waals surface area contributed by atoms with Gasteiger partial charge in [-0.25, -0.2) is 0 Å². The zero-order valence-corrected chi connectivity index (χ0v) is 31.7. The van der Waals surface area contributed by atoms with Gasteiger partial charge in [0.15, 0.2) is 0 Å². The van der Waals surface area contributed by atoms with Gasteiger partial charge in [0.2, 0.25) is 0 Å². The molecule has 2 unspecified atom stereocenters. The molecule has 6 rings (SSSR count). The number of unbranched alkanes of at least 4 members (excludes halogenated alkanes) is 2. The molecule has 51 heavy (non-hydrogen) atoms. The van der Waals surface area contributed by atoms with Crippen molar-refractivity contribution >= 4 is 0 Å². The maximum atomic E-state index is 6.08. The SMILES string of the molecule is CCCCc1ccc(-c2ccc(C3CC=C(CCCOCCCC4=CCC(c5ccc(-c6ccc(CCCC)cc6)cc5)CC4)CC3)cc2)cc1. The average molecular weight is 679 g/mol. The van der Waals surface area contributed by atoms with E-state index in [4.69, 9.17) is 4.74 Å². The molecule has 2 aliphatic carbocycles. The monoisotopic (exact) mass is 678 g/mol. The number of rotatable bonds is 18. The molecule has 0 radical (unpaired) electrons. The van der Waals surface area contributed by atoms with Crippen LogP contribution in [0.1, 0.15) is 138 Å². The van der Waals surface area contributed by atoms with Crippen LogP contribution in [0.15, 0.2) is 120 Å². The highest BCUT2D eigenvalue weighted by atomic mass is 16.5. The summed E-state index contributed by atoms with van der Waals surface area (Å²) in [4.78, 5) is 0. The van der Waals surface area contributed by atoms with Crippen LogP contribution in [0, 0.1) is 0 Å². The Hall–Kier alpha value is -3.68. The smallest absolute Gasteiger partial charge is 0.0469 e. The highest BCUT2D eigenvalue weighted by Crippen LogP contribution is 2.36. The topological polar surface area (TPSA) is 9.23 Å². The van der Waals surface area contributed by atoms with Crippen LogP contribution in [-0.2, 0) is 17.6 Å². The Morgan fingerprint density at radius 2 is 0.824 bits per heavy atom. The molecule has 0 saturated carbocycles. The van der Waals surface area contributed by atoms with Gasteiger partial charge in [0.25, 0.3) is 0 Å². The second-order valence-electron chi connectivity index (χ2n) is 15.3. The van der Waals surface area contributed by atoms with E-state index in [0.29, 0.717) is 11.8 Å². The van der Waals surface area contributed by atoms with Crippen LogP contribution in [-0.4, -0.2) is 13.2 Å². The van der Waals surface area contributed by atoms with E-state index >= 15 is 0 Å². The van der Waals surface area contributed by atoms with Gasteiger partial charge in [0, 0.05) is 13.2 Å². The van der Waals surface area contributed by atoms with Crippen molar-refractivity contribution in [1.82, 2.24) is 0 Å². The highest BCUT2D eigenvalue weighted by Gasteiger charge is 2.18. The zero-order chi connectivity index (χ0) is 35.1. The van der Waals surface area contributed by atoms with Crippen LogP contribution in [0.4, 0.5) is 0 Å². The number of allylic oxidation sites excluding steroid dienone is 4. The fraction of sp³-hybridized carbons (Fsp3) is 0.440. The first kappa shape index (κ1) is 37.1. The zero-order valence-electron chi connectivity index (χ0n) is 31.7. The van der Waals surface area contributed by atoms with Crippen molar-refractivity contribution in [3.63, 3.8) is 0 Å². The molecule has 268 valence electrons. The summed E-state index contributed by atoms with van der Waals surface area (Å²) in [5, 5.41) is 0. The molecule has 2 atom stereocenters. The van der Waals surface area contributed by atoms with E-state index in [2.05, 4.69) is 123 Å². The van der Waals surface area contributed by atoms with E-state index in [9.17, 15) is 0 Å². The van der Waals surface area contributed by atoms with Gasteiger partial charge in [-0.1, -0.05) is 147 Å². The minimum absolute atomic E-state index is 0.656. The molecule has 0 heterocycles. The maximum Gasteiger partial charge on any atom is 0.0469 e. The van der Waals surface area contributed by atoms with Gasteiger partial charge in [-0.05, 0) is 146 Å². The summed E-state index contributed by atoms with van der Waals surface area (Å²) in [6.07, 6.45) is 24.5. The fourth-order valence-corrected chi connectivity index (χ4v) is 8.13. The van der Waals surface area contributed by atoms with E-state index in [0.717, 1.165) is 26.1 Å². The Labute approximate surface area is 310 Å². The Morgan fingerprint density at radius 3 is 1.16 bits per heavy atom. The fourth-order valence-electron chi connectivity index (χ4n) is 8.13. The summed E-state index contributed by atoms with van der Waals surface area (Å²) < 4.78 is 6.08. The molecule has 1 heteroatoms. The van der Waals surface area contributed by atoms with E-state index < -0.39 is 0 Å². The number of hydrogen-bond donors (Lipinski definition) is 0. The molecule has 0 spiro atoms. The average Bonchev–Trinajstić information content (AvgIpc) is 3.20. The molecule has 1 nitrogen and oxygen atoms in total. The van der Waals surface area contributed by atoms with Gasteiger partial charge in [0.05, 0.1) is 0 Å². The quantitative estimate of drug-likeness (QED) is 0.0752. The van der Waals surface area contributed by atoms with Crippen molar-refractivity contribution < 1.29 is 4.74 Å². The normalized spacial score (nSPS) is 17.6. The van der Waals surface area contributed by atoms with Crippen LogP contribution in [0.25, 0.3) is 22.3 Å². The van der Waals surface area contributed by atoms with Crippen LogP contribution in [0.3, 0.4) is 0 Å². The van der Waals surface area contributed by atoms with Crippen LogP contribution >= 0.6 is 0 Å². The van der Waals surface area contributed by atoms with E-state index in [1.807, 2.05) is 0 Å². The van der Waals surface area contributed by atoms with Gasteiger partial charge in [-0.15, -0.1) is 0 Å². The van der Waals surface area contributed by atoms with Gasteiger partial charge < -0.3 is 4.74 Å². The Bertz CT molecular complexity index is 1530. The highest BCUT2D eigenvalue weighted by molar-refractivity contribution is 5.65. The maximum absolute atomic E-state index is 6.08. The first-order chi connectivity index (χ1) is 25.2. The number of aryl methyl sites for hydroxylation is 2. The molecular weight excluding hydrogens is 617 g/mol. The van der Waals surface area contributed by atoms with Gasteiger partial charge >= 0.3 is 0 Å². The first-order valence-corrected chi connectivity index (χ1v) is 20.5. The van der Waals surface area contributed by atoms with Gasteiger partial charge in [-0.3, -0.25) is 0 Å². The number of hydrogen-bond acceptors (Lipinski definition) is 1. The van der Waals surface area contributed by atoms with Crippen molar-refractivity contribution in [3.8, 4) is 22.3 Å². The standard InChI is InChI=1S/C50H62O/c1-3-5-9-39-13-21-43(22-14-39)47-29-33-49(34-30-47)45-25-17-41(18-26-45)11-7-37-51-38-8-12-42-19-27-46(28-20-42)50-35-31-48(32-36-50)44-23-15-40(16-24-44)10-6-4-2/h13-17,19,21-24,29-36,45-46H,3-12,18,20,25-28,37-38H2,1-2H3. The van der Waals surface area contributed by atoms with Crippen molar-refractivity contribution in [2.24, 2.45) is 0 Å². The van der Waals surface area contributed by atoms with E-state index in [1.165, 1.54) is 134 Å². The predicted octanol–water partition coefficient (Wildman–Crippen LogP) is 14.4. The van der Waals surface area contributed by atoms with E-state index in [1.54, 1.807) is 11.1 Å². The molecule has 0 fully saturated rings. The summed E-state index contributed by atoms with van der Waals surface area (Å²) in [6, 6.07) is 37.1. The lowest BCUT2D eigenvalue weighted by molar-refractivity contribution is 0.129. The molecule has 0 aromatic heterocycles. The molecule has 4 aromatic carbocycles. The molecule has 0 aliphatic heterocycles. The Morgan fingerprint density at radius 1 is 0.451 bits per heavy atom. The molecular formula is C50H62O. The largest absolute Gasteiger partial charge is 0.381 e. The van der Waals surface area contributed by atoms with Crippen LogP contribution in [0.5, 0.6) is 0 Å². The van der Waals surface area contributed by atoms with Crippen molar-refractivity contribution in [3.05, 3.63) is 143 Å². The van der Waals surface area contributed by atoms with Gasteiger partial charge in [0.1, 0.15) is 0 Å². The predicted molar refractivity (Wildman–Crippen MR) is 220 cm³/mol. The summed E-state index contributed by atoms with van der Waals surface area (Å²) >= 11 is 0. The minimum atomic E-state index is 0.656. The molecule has 0 N–H and O–H groups in total. The van der Waals surface area contributed by atoms with Crippen molar-refractivity contribution in [2.45, 2.75) is 128 Å². The summed E-state index contributed by atoms with van der Waals surface area (Å²) in [5.74, 6) is 1.31. The van der Waals surface area contributed by atoms with Crippen molar-refractivity contribution in [1.29, 1.82) is 0 Å². The lowest BCUT2D eigenvalue weighted by atomic mass is 9.83. The molecule has 0 bridgehead atoms.